The standard InChI is InChI=1S/C13H16BrNO5/c1-19-7-11(13(17)18)15-12(16)6-8-5-9(20-2)3-4-10(8)14/h3-5,11H,6-7H2,1-2H3,(H,15,16)(H,17,18). The lowest BCUT2D eigenvalue weighted by molar-refractivity contribution is -0.143. The number of ether oxygens (including phenoxy) is 2. The Kier molecular flexibility index (Phi) is 6.47. The van der Waals surface area contributed by atoms with Gasteiger partial charge in [-0.15, -0.1) is 0 Å². The maximum absolute atomic E-state index is 11.9. The van der Waals surface area contributed by atoms with E-state index in [1.165, 1.54) is 14.2 Å². The van der Waals surface area contributed by atoms with Gasteiger partial charge < -0.3 is 19.9 Å². The van der Waals surface area contributed by atoms with Crippen molar-refractivity contribution in [2.75, 3.05) is 20.8 Å². The number of nitrogens with one attached hydrogen (secondary N) is 1. The fourth-order valence-corrected chi connectivity index (χ4v) is 1.96. The van der Waals surface area contributed by atoms with Gasteiger partial charge in [0.05, 0.1) is 20.1 Å². The summed E-state index contributed by atoms with van der Waals surface area (Å²) in [7, 11) is 2.91. The molecule has 0 radical (unpaired) electrons. The molecule has 2 N–H and O–H groups in total. The Morgan fingerprint density at radius 1 is 1.40 bits per heavy atom. The van der Waals surface area contributed by atoms with Crippen LogP contribution in [-0.4, -0.2) is 43.9 Å². The zero-order chi connectivity index (χ0) is 15.1. The molecule has 20 heavy (non-hydrogen) atoms. The number of carboxylic acid groups (broad SMARTS) is 1. The summed E-state index contributed by atoms with van der Waals surface area (Å²) in [5.41, 5.74) is 0.711. The number of carbonyl (C=O) groups is 2. The summed E-state index contributed by atoms with van der Waals surface area (Å²) in [5, 5.41) is 11.3. The maximum atomic E-state index is 11.9. The Morgan fingerprint density at radius 2 is 2.10 bits per heavy atom. The van der Waals surface area contributed by atoms with Gasteiger partial charge in [-0.25, -0.2) is 4.79 Å². The Balaban J connectivity index is 2.72. The fourth-order valence-electron chi connectivity index (χ4n) is 1.57. The third-order valence-corrected chi connectivity index (χ3v) is 3.34. The lowest BCUT2D eigenvalue weighted by Gasteiger charge is -2.14. The summed E-state index contributed by atoms with van der Waals surface area (Å²) in [6.07, 6.45) is 0.0469. The minimum Gasteiger partial charge on any atom is -0.497 e. The van der Waals surface area contributed by atoms with Crippen molar-refractivity contribution >= 4 is 27.8 Å². The smallest absolute Gasteiger partial charge is 0.328 e. The van der Waals surface area contributed by atoms with Crippen molar-refractivity contribution in [2.24, 2.45) is 0 Å². The molecule has 7 heteroatoms. The number of carbonyl (C=O) groups excluding carboxylic acids is 1. The highest BCUT2D eigenvalue weighted by Gasteiger charge is 2.20. The molecule has 0 spiro atoms. The van der Waals surface area contributed by atoms with Crippen LogP contribution in [0.4, 0.5) is 0 Å². The van der Waals surface area contributed by atoms with Crippen LogP contribution in [0.3, 0.4) is 0 Å². The van der Waals surface area contributed by atoms with Crippen molar-refractivity contribution in [3.63, 3.8) is 0 Å². The molecular weight excluding hydrogens is 330 g/mol. The van der Waals surface area contributed by atoms with Crippen molar-refractivity contribution in [3.8, 4) is 5.75 Å². The van der Waals surface area contributed by atoms with Crippen molar-refractivity contribution < 1.29 is 24.2 Å². The fraction of sp³-hybridized carbons (Fsp3) is 0.385. The molecule has 0 aliphatic rings. The van der Waals surface area contributed by atoms with Gasteiger partial charge in [0.2, 0.25) is 5.91 Å². The number of amides is 1. The summed E-state index contributed by atoms with van der Waals surface area (Å²) >= 11 is 3.34. The van der Waals surface area contributed by atoms with Gasteiger partial charge in [-0.2, -0.15) is 0 Å². The highest BCUT2D eigenvalue weighted by molar-refractivity contribution is 9.10. The zero-order valence-corrected chi connectivity index (χ0v) is 12.8. The summed E-state index contributed by atoms with van der Waals surface area (Å²) in [6.45, 7) is -0.0830. The Hall–Kier alpha value is -1.60. The molecule has 0 saturated heterocycles. The van der Waals surface area contributed by atoms with E-state index in [1.807, 2.05) is 0 Å². The highest BCUT2D eigenvalue weighted by atomic mass is 79.9. The predicted molar refractivity (Wildman–Crippen MR) is 75.8 cm³/mol. The van der Waals surface area contributed by atoms with Crippen molar-refractivity contribution in [1.29, 1.82) is 0 Å². The largest absolute Gasteiger partial charge is 0.497 e. The summed E-state index contributed by atoms with van der Waals surface area (Å²) in [5.74, 6) is -0.906. The van der Waals surface area contributed by atoms with Gasteiger partial charge in [-0.1, -0.05) is 15.9 Å². The number of hydrogen-bond donors (Lipinski definition) is 2. The third-order valence-electron chi connectivity index (χ3n) is 2.57. The molecule has 1 unspecified atom stereocenters. The Morgan fingerprint density at radius 3 is 2.65 bits per heavy atom. The summed E-state index contributed by atoms with van der Waals surface area (Å²) in [6, 6.07) is 4.19. The van der Waals surface area contributed by atoms with Crippen LogP contribution in [-0.2, 0) is 20.7 Å². The summed E-state index contributed by atoms with van der Waals surface area (Å²) in [4.78, 5) is 22.8. The first-order valence-corrected chi connectivity index (χ1v) is 6.60. The van der Waals surface area contributed by atoms with Gasteiger partial charge in [0.25, 0.3) is 0 Å². The van der Waals surface area contributed by atoms with E-state index < -0.39 is 17.9 Å². The van der Waals surface area contributed by atoms with E-state index in [0.717, 1.165) is 4.47 Å². The van der Waals surface area contributed by atoms with Crippen LogP contribution in [0.5, 0.6) is 5.75 Å². The molecule has 0 aromatic heterocycles. The van der Waals surface area contributed by atoms with Crippen LogP contribution >= 0.6 is 15.9 Å². The molecule has 1 aromatic carbocycles. The normalized spacial score (nSPS) is 11.8. The first-order valence-electron chi connectivity index (χ1n) is 5.81. The molecular formula is C13H16BrNO5. The molecule has 0 bridgehead atoms. The third kappa shape index (κ3) is 4.82. The molecule has 1 atom stereocenters. The number of benzene rings is 1. The van der Waals surface area contributed by atoms with Gasteiger partial charge in [0, 0.05) is 11.6 Å². The second-order valence-corrected chi connectivity index (χ2v) is 4.90. The number of methoxy groups -OCH3 is 2. The van der Waals surface area contributed by atoms with Gasteiger partial charge in [-0.05, 0) is 23.8 Å². The highest BCUT2D eigenvalue weighted by Crippen LogP contribution is 2.22. The first-order chi connectivity index (χ1) is 9.47. The van der Waals surface area contributed by atoms with E-state index in [4.69, 9.17) is 14.6 Å². The van der Waals surface area contributed by atoms with E-state index in [-0.39, 0.29) is 13.0 Å². The zero-order valence-electron chi connectivity index (χ0n) is 11.2. The lowest BCUT2D eigenvalue weighted by atomic mass is 10.1. The van der Waals surface area contributed by atoms with Gasteiger partial charge >= 0.3 is 5.97 Å². The van der Waals surface area contributed by atoms with Crippen LogP contribution in [0.25, 0.3) is 0 Å². The van der Waals surface area contributed by atoms with E-state index in [9.17, 15) is 9.59 Å². The molecule has 1 aromatic rings. The van der Waals surface area contributed by atoms with Crippen molar-refractivity contribution in [3.05, 3.63) is 28.2 Å². The molecule has 1 rings (SSSR count). The van der Waals surface area contributed by atoms with Gasteiger partial charge in [-0.3, -0.25) is 4.79 Å². The maximum Gasteiger partial charge on any atom is 0.328 e. The average molecular weight is 346 g/mol. The number of aliphatic carboxylic acids is 1. The number of halogens is 1. The molecule has 0 aliphatic heterocycles. The van der Waals surface area contributed by atoms with E-state index in [0.29, 0.717) is 11.3 Å². The summed E-state index contributed by atoms with van der Waals surface area (Å²) < 4.78 is 10.6. The lowest BCUT2D eigenvalue weighted by Crippen LogP contribution is -2.44. The van der Waals surface area contributed by atoms with Crippen LogP contribution < -0.4 is 10.1 Å². The Labute approximate surface area is 125 Å². The van der Waals surface area contributed by atoms with Crippen LogP contribution in [0.2, 0.25) is 0 Å². The second kappa shape index (κ2) is 7.86. The minimum absolute atomic E-state index is 0.0469. The number of carboxylic acids is 1. The van der Waals surface area contributed by atoms with E-state index >= 15 is 0 Å². The quantitative estimate of drug-likeness (QED) is 0.775. The van der Waals surface area contributed by atoms with Crippen LogP contribution in [0.15, 0.2) is 22.7 Å². The molecule has 0 heterocycles. The van der Waals surface area contributed by atoms with E-state index in [1.54, 1.807) is 18.2 Å². The molecule has 1 amide bonds. The molecule has 110 valence electrons. The first kappa shape index (κ1) is 16.5. The SMILES string of the molecule is COCC(NC(=O)Cc1cc(OC)ccc1Br)C(=O)O. The molecule has 0 saturated carbocycles. The Bertz CT molecular complexity index is 492. The number of hydrogen-bond acceptors (Lipinski definition) is 4. The minimum atomic E-state index is -1.13. The van der Waals surface area contributed by atoms with Gasteiger partial charge in [0.15, 0.2) is 6.04 Å². The molecule has 0 fully saturated rings. The van der Waals surface area contributed by atoms with Crippen LogP contribution in [0, 0.1) is 0 Å². The van der Waals surface area contributed by atoms with Crippen molar-refractivity contribution in [2.45, 2.75) is 12.5 Å². The van der Waals surface area contributed by atoms with Gasteiger partial charge in [0.1, 0.15) is 5.75 Å². The predicted octanol–water partition coefficient (Wildman–Crippen LogP) is 1.22. The monoisotopic (exact) mass is 345 g/mol. The average Bonchev–Trinajstić information content (AvgIpc) is 2.40. The topological polar surface area (TPSA) is 84.9 Å². The second-order valence-electron chi connectivity index (χ2n) is 4.05. The molecule has 6 nitrogen and oxygen atoms in total. The van der Waals surface area contributed by atoms with Crippen LogP contribution in [0.1, 0.15) is 5.56 Å². The van der Waals surface area contributed by atoms with Crippen molar-refractivity contribution in [1.82, 2.24) is 5.32 Å². The molecule has 0 aliphatic carbocycles. The number of rotatable bonds is 7. The van der Waals surface area contributed by atoms with E-state index in [2.05, 4.69) is 21.2 Å².